The molecule has 0 bridgehead atoms. The van der Waals surface area contributed by atoms with Gasteiger partial charge in [-0.25, -0.2) is 9.18 Å². The van der Waals surface area contributed by atoms with Crippen LogP contribution in [0.3, 0.4) is 0 Å². The van der Waals surface area contributed by atoms with Gasteiger partial charge in [0, 0.05) is 11.0 Å². The summed E-state index contributed by atoms with van der Waals surface area (Å²) in [5.41, 5.74) is 0.425. The standard InChI is InChI=1S/C12H15FO3S/c1-7(14)8(2)17-6-10-5-9(12(15)16)3-4-11(10)13/h3-5,7-8,14H,6H2,1-2H3,(H,15,16). The van der Waals surface area contributed by atoms with Crippen LogP contribution in [0, 0.1) is 5.82 Å². The van der Waals surface area contributed by atoms with E-state index in [9.17, 15) is 14.3 Å². The molecule has 0 aromatic heterocycles. The van der Waals surface area contributed by atoms with Crippen molar-refractivity contribution < 1.29 is 19.4 Å². The maximum absolute atomic E-state index is 13.4. The van der Waals surface area contributed by atoms with Crippen molar-refractivity contribution in [3.05, 3.63) is 35.1 Å². The third-order valence-electron chi connectivity index (χ3n) is 2.47. The van der Waals surface area contributed by atoms with Crippen LogP contribution in [0.2, 0.25) is 0 Å². The largest absolute Gasteiger partial charge is 0.478 e. The first-order valence-electron chi connectivity index (χ1n) is 5.23. The molecule has 0 heterocycles. The van der Waals surface area contributed by atoms with E-state index < -0.39 is 17.9 Å². The van der Waals surface area contributed by atoms with Crippen LogP contribution in [-0.2, 0) is 5.75 Å². The Morgan fingerprint density at radius 3 is 2.65 bits per heavy atom. The van der Waals surface area contributed by atoms with E-state index in [0.29, 0.717) is 11.3 Å². The molecule has 0 aliphatic rings. The van der Waals surface area contributed by atoms with Crippen LogP contribution in [0.25, 0.3) is 0 Å². The fourth-order valence-electron chi connectivity index (χ4n) is 1.18. The SMILES string of the molecule is CC(O)C(C)SCc1cc(C(=O)O)ccc1F. The highest BCUT2D eigenvalue weighted by Crippen LogP contribution is 2.22. The van der Waals surface area contributed by atoms with Gasteiger partial charge in [-0.1, -0.05) is 6.92 Å². The minimum absolute atomic E-state index is 0.0251. The van der Waals surface area contributed by atoms with E-state index in [4.69, 9.17) is 5.11 Å². The normalized spacial score (nSPS) is 14.4. The average molecular weight is 258 g/mol. The number of hydrogen-bond acceptors (Lipinski definition) is 3. The molecule has 0 aliphatic carbocycles. The smallest absolute Gasteiger partial charge is 0.335 e. The van der Waals surface area contributed by atoms with Gasteiger partial charge in [-0.15, -0.1) is 0 Å². The molecule has 1 aromatic rings. The summed E-state index contributed by atoms with van der Waals surface area (Å²) in [6.45, 7) is 3.51. The van der Waals surface area contributed by atoms with Crippen molar-refractivity contribution in [2.75, 3.05) is 0 Å². The summed E-state index contributed by atoms with van der Waals surface area (Å²) >= 11 is 1.39. The summed E-state index contributed by atoms with van der Waals surface area (Å²) in [6.07, 6.45) is -0.481. The highest BCUT2D eigenvalue weighted by atomic mass is 32.2. The predicted octanol–water partition coefficient (Wildman–Crippen LogP) is 2.53. The number of thioether (sulfide) groups is 1. The Labute approximate surface area is 104 Å². The van der Waals surface area contributed by atoms with Gasteiger partial charge in [0.2, 0.25) is 0 Å². The third-order valence-corrected chi connectivity index (χ3v) is 3.87. The molecule has 1 aromatic carbocycles. The molecule has 2 atom stereocenters. The number of benzene rings is 1. The summed E-state index contributed by atoms with van der Waals surface area (Å²) in [5.74, 6) is -1.14. The number of hydrogen-bond donors (Lipinski definition) is 2. The van der Waals surface area contributed by atoms with Crippen molar-refractivity contribution >= 4 is 17.7 Å². The summed E-state index contributed by atoms with van der Waals surface area (Å²) in [7, 11) is 0. The molecular weight excluding hydrogens is 243 g/mol. The van der Waals surface area contributed by atoms with Crippen LogP contribution >= 0.6 is 11.8 Å². The lowest BCUT2D eigenvalue weighted by Gasteiger charge is -2.14. The number of aromatic carboxylic acids is 1. The van der Waals surface area contributed by atoms with Crippen molar-refractivity contribution in [3.63, 3.8) is 0 Å². The first-order valence-corrected chi connectivity index (χ1v) is 6.28. The number of carboxylic acids is 1. The van der Waals surface area contributed by atoms with E-state index in [1.54, 1.807) is 6.92 Å². The maximum atomic E-state index is 13.4. The molecule has 1 rings (SSSR count). The quantitative estimate of drug-likeness (QED) is 0.852. The molecule has 3 nitrogen and oxygen atoms in total. The minimum Gasteiger partial charge on any atom is -0.478 e. The molecular formula is C12H15FO3S. The Morgan fingerprint density at radius 2 is 2.12 bits per heavy atom. The van der Waals surface area contributed by atoms with Gasteiger partial charge in [0.25, 0.3) is 0 Å². The zero-order valence-electron chi connectivity index (χ0n) is 9.68. The van der Waals surface area contributed by atoms with Crippen molar-refractivity contribution in [1.82, 2.24) is 0 Å². The van der Waals surface area contributed by atoms with Gasteiger partial charge < -0.3 is 10.2 Å². The Hall–Kier alpha value is -1.07. The highest BCUT2D eigenvalue weighted by molar-refractivity contribution is 7.99. The van der Waals surface area contributed by atoms with Gasteiger partial charge in [-0.2, -0.15) is 11.8 Å². The fraction of sp³-hybridized carbons (Fsp3) is 0.417. The van der Waals surface area contributed by atoms with E-state index >= 15 is 0 Å². The number of halogens is 1. The van der Waals surface area contributed by atoms with Crippen molar-refractivity contribution in [1.29, 1.82) is 0 Å². The second-order valence-electron chi connectivity index (χ2n) is 3.87. The lowest BCUT2D eigenvalue weighted by Crippen LogP contribution is -2.15. The van der Waals surface area contributed by atoms with Gasteiger partial charge in [-0.3, -0.25) is 0 Å². The van der Waals surface area contributed by atoms with E-state index in [1.165, 1.54) is 23.9 Å². The van der Waals surface area contributed by atoms with Crippen LogP contribution in [-0.4, -0.2) is 27.5 Å². The van der Waals surface area contributed by atoms with Gasteiger partial charge in [0.15, 0.2) is 0 Å². The molecule has 0 saturated carbocycles. The molecule has 0 aliphatic heterocycles. The second-order valence-corrected chi connectivity index (χ2v) is 5.23. The van der Waals surface area contributed by atoms with Crippen molar-refractivity contribution in [3.8, 4) is 0 Å². The fourth-order valence-corrected chi connectivity index (χ4v) is 2.12. The summed E-state index contributed by atoms with van der Waals surface area (Å²) in [6, 6.07) is 3.73. The van der Waals surface area contributed by atoms with Gasteiger partial charge in [-0.05, 0) is 30.7 Å². The Balaban J connectivity index is 2.76. The van der Waals surface area contributed by atoms with Crippen LogP contribution in [0.1, 0.15) is 29.8 Å². The number of rotatable bonds is 5. The summed E-state index contributed by atoms with van der Waals surface area (Å²) < 4.78 is 13.4. The number of aliphatic hydroxyl groups is 1. The number of aliphatic hydroxyl groups excluding tert-OH is 1. The average Bonchev–Trinajstić information content (AvgIpc) is 2.26. The predicted molar refractivity (Wildman–Crippen MR) is 65.8 cm³/mol. The maximum Gasteiger partial charge on any atom is 0.335 e. The molecule has 0 amide bonds. The molecule has 2 N–H and O–H groups in total. The molecule has 94 valence electrons. The van der Waals surface area contributed by atoms with Crippen LogP contribution < -0.4 is 0 Å². The second kappa shape index (κ2) is 6.02. The molecule has 5 heteroatoms. The molecule has 0 saturated heterocycles. The topological polar surface area (TPSA) is 57.5 Å². The van der Waals surface area contributed by atoms with Crippen LogP contribution in [0.5, 0.6) is 0 Å². The van der Waals surface area contributed by atoms with E-state index in [1.807, 2.05) is 6.92 Å². The Bertz CT molecular complexity index is 407. The zero-order valence-corrected chi connectivity index (χ0v) is 10.5. The van der Waals surface area contributed by atoms with E-state index in [-0.39, 0.29) is 10.8 Å². The number of carboxylic acid groups (broad SMARTS) is 1. The van der Waals surface area contributed by atoms with Gasteiger partial charge in [0.1, 0.15) is 5.82 Å². The molecule has 0 fully saturated rings. The third kappa shape index (κ3) is 4.02. The highest BCUT2D eigenvalue weighted by Gasteiger charge is 2.12. The zero-order chi connectivity index (χ0) is 13.0. The molecule has 2 unspecified atom stereocenters. The van der Waals surface area contributed by atoms with Gasteiger partial charge >= 0.3 is 5.97 Å². The van der Waals surface area contributed by atoms with E-state index in [2.05, 4.69) is 0 Å². The molecule has 0 spiro atoms. The first-order chi connectivity index (χ1) is 7.91. The molecule has 17 heavy (non-hydrogen) atoms. The summed E-state index contributed by atoms with van der Waals surface area (Å²) in [4.78, 5) is 10.7. The lowest BCUT2D eigenvalue weighted by atomic mass is 10.1. The minimum atomic E-state index is -1.07. The monoisotopic (exact) mass is 258 g/mol. The Kier molecular flexibility index (Phi) is 4.96. The summed E-state index contributed by atoms with van der Waals surface area (Å²) in [5, 5.41) is 18.1. The van der Waals surface area contributed by atoms with Gasteiger partial charge in [0.05, 0.1) is 11.7 Å². The molecule has 0 radical (unpaired) electrons. The number of carbonyl (C=O) groups is 1. The van der Waals surface area contributed by atoms with Crippen LogP contribution in [0.15, 0.2) is 18.2 Å². The van der Waals surface area contributed by atoms with E-state index in [0.717, 1.165) is 6.07 Å². The van der Waals surface area contributed by atoms with Crippen LogP contribution in [0.4, 0.5) is 4.39 Å². The lowest BCUT2D eigenvalue weighted by molar-refractivity contribution is 0.0696. The van der Waals surface area contributed by atoms with Crippen molar-refractivity contribution in [2.24, 2.45) is 0 Å². The Morgan fingerprint density at radius 1 is 1.47 bits per heavy atom. The first kappa shape index (κ1) is 14.0. The van der Waals surface area contributed by atoms with Crippen molar-refractivity contribution in [2.45, 2.75) is 31.0 Å².